The van der Waals surface area contributed by atoms with Gasteiger partial charge in [-0.15, -0.1) is 0 Å². The van der Waals surface area contributed by atoms with Gasteiger partial charge < -0.3 is 25.4 Å². The molecular formula is C30H31N3O6. The summed E-state index contributed by atoms with van der Waals surface area (Å²) in [6, 6.07) is 25.9. The summed E-state index contributed by atoms with van der Waals surface area (Å²) in [4.78, 5) is 51.1. The van der Waals surface area contributed by atoms with Gasteiger partial charge in [0.2, 0.25) is 11.8 Å². The number of alkyl carbamates (subject to hydrolysis) is 1. The molecule has 1 aliphatic rings. The fourth-order valence-corrected chi connectivity index (χ4v) is 4.01. The highest BCUT2D eigenvalue weighted by Crippen LogP contribution is 2.16. The van der Waals surface area contributed by atoms with Crippen LogP contribution in [-0.4, -0.2) is 55.0 Å². The Bertz CT molecular complexity index is 1250. The summed E-state index contributed by atoms with van der Waals surface area (Å²) in [6.07, 6.45) is -0.793. The summed E-state index contributed by atoms with van der Waals surface area (Å²) in [5.74, 6) is -1.28. The van der Waals surface area contributed by atoms with E-state index in [-0.39, 0.29) is 25.4 Å². The zero-order valence-corrected chi connectivity index (χ0v) is 21.4. The average molecular weight is 530 g/mol. The number of amides is 3. The lowest BCUT2D eigenvalue weighted by Gasteiger charge is -2.23. The van der Waals surface area contributed by atoms with Gasteiger partial charge >= 0.3 is 6.09 Å². The number of ether oxygens (including phenoxy) is 2. The Kier molecular flexibility index (Phi) is 9.80. The van der Waals surface area contributed by atoms with Crippen LogP contribution in [0.2, 0.25) is 0 Å². The first-order valence-electron chi connectivity index (χ1n) is 12.8. The lowest BCUT2D eigenvalue weighted by atomic mass is 9.99. The van der Waals surface area contributed by atoms with Crippen LogP contribution >= 0.6 is 0 Å². The van der Waals surface area contributed by atoms with Crippen LogP contribution in [0, 0.1) is 0 Å². The number of hydrogen-bond acceptors (Lipinski definition) is 6. The molecule has 1 aliphatic heterocycles. The number of benzene rings is 3. The third-order valence-electron chi connectivity index (χ3n) is 6.13. The van der Waals surface area contributed by atoms with Gasteiger partial charge in [0.1, 0.15) is 25.3 Å². The van der Waals surface area contributed by atoms with E-state index >= 15 is 0 Å². The van der Waals surface area contributed by atoms with E-state index in [1.165, 1.54) is 0 Å². The minimum Gasteiger partial charge on any atom is -0.445 e. The first-order valence-corrected chi connectivity index (χ1v) is 12.8. The van der Waals surface area contributed by atoms with Gasteiger partial charge in [-0.05, 0) is 23.1 Å². The third-order valence-corrected chi connectivity index (χ3v) is 6.13. The predicted molar refractivity (Wildman–Crippen MR) is 144 cm³/mol. The number of epoxide rings is 1. The van der Waals surface area contributed by atoms with Gasteiger partial charge in [0.15, 0.2) is 5.78 Å². The largest absolute Gasteiger partial charge is 0.445 e. The van der Waals surface area contributed by atoms with Crippen molar-refractivity contribution in [2.45, 2.75) is 37.6 Å². The SMILES string of the molecule is O=C(CNC(=O)OCc1ccccc1)N[C@@H](Cc1ccccc1)C(=O)N[C@@H](Cc1ccccc1)C(=O)C1CO1. The van der Waals surface area contributed by atoms with Crippen LogP contribution in [0.25, 0.3) is 0 Å². The highest BCUT2D eigenvalue weighted by Gasteiger charge is 2.38. The van der Waals surface area contributed by atoms with Crippen molar-refractivity contribution < 1.29 is 28.7 Å². The molecule has 0 aromatic heterocycles. The molecule has 9 nitrogen and oxygen atoms in total. The van der Waals surface area contributed by atoms with Crippen LogP contribution in [0.1, 0.15) is 16.7 Å². The first kappa shape index (κ1) is 27.5. The maximum Gasteiger partial charge on any atom is 0.407 e. The zero-order valence-electron chi connectivity index (χ0n) is 21.4. The molecule has 9 heteroatoms. The van der Waals surface area contributed by atoms with Gasteiger partial charge in [-0.3, -0.25) is 14.4 Å². The van der Waals surface area contributed by atoms with Crippen LogP contribution < -0.4 is 16.0 Å². The van der Waals surface area contributed by atoms with Crippen molar-refractivity contribution in [3.05, 3.63) is 108 Å². The predicted octanol–water partition coefficient (Wildman–Crippen LogP) is 2.34. The Balaban J connectivity index is 1.37. The summed E-state index contributed by atoms with van der Waals surface area (Å²) in [5.41, 5.74) is 2.52. The molecule has 1 unspecified atom stereocenters. The molecule has 3 N–H and O–H groups in total. The normalized spacial score (nSPS) is 15.3. The van der Waals surface area contributed by atoms with Gasteiger partial charge in [0, 0.05) is 6.42 Å². The summed E-state index contributed by atoms with van der Waals surface area (Å²) in [5, 5.41) is 7.90. The van der Waals surface area contributed by atoms with Crippen molar-refractivity contribution >= 4 is 23.7 Å². The number of ketones is 1. The summed E-state index contributed by atoms with van der Waals surface area (Å²) >= 11 is 0. The maximum absolute atomic E-state index is 13.4. The second-order valence-electron chi connectivity index (χ2n) is 9.20. The summed E-state index contributed by atoms with van der Waals surface area (Å²) in [6.45, 7) is 0.0135. The zero-order chi connectivity index (χ0) is 27.5. The second-order valence-corrected chi connectivity index (χ2v) is 9.20. The maximum atomic E-state index is 13.4. The molecular weight excluding hydrogens is 498 g/mol. The highest BCUT2D eigenvalue weighted by atomic mass is 16.6. The van der Waals surface area contributed by atoms with E-state index in [9.17, 15) is 19.2 Å². The molecule has 1 saturated heterocycles. The van der Waals surface area contributed by atoms with Crippen molar-refractivity contribution in [2.75, 3.05) is 13.2 Å². The highest BCUT2D eigenvalue weighted by molar-refractivity contribution is 5.96. The van der Waals surface area contributed by atoms with E-state index in [4.69, 9.17) is 9.47 Å². The van der Waals surface area contributed by atoms with Gasteiger partial charge in [-0.25, -0.2) is 4.79 Å². The number of rotatable bonds is 13. The Morgan fingerprint density at radius 3 is 1.79 bits per heavy atom. The molecule has 1 fully saturated rings. The standard InChI is InChI=1S/C30H31N3O6/c34-27(18-31-30(37)39-19-23-14-8-3-9-15-23)32-25(17-22-12-6-2-7-13-22)29(36)33-24(28(35)26-20-38-26)16-21-10-4-1-5-11-21/h1-15,24-26H,16-20H2,(H,31,37)(H,32,34)(H,33,36)/t24-,25-,26?/m0/s1. The van der Waals surface area contributed by atoms with Gasteiger partial charge in [0.25, 0.3) is 0 Å². The van der Waals surface area contributed by atoms with Crippen molar-refractivity contribution in [1.29, 1.82) is 0 Å². The lowest BCUT2D eigenvalue weighted by Crippen LogP contribution is -2.55. The molecule has 39 heavy (non-hydrogen) atoms. The molecule has 3 amide bonds. The molecule has 3 atom stereocenters. The topological polar surface area (TPSA) is 126 Å². The molecule has 0 spiro atoms. The molecule has 4 rings (SSSR count). The molecule has 0 saturated carbocycles. The van der Waals surface area contributed by atoms with E-state index in [1.54, 1.807) is 0 Å². The van der Waals surface area contributed by atoms with Gasteiger partial charge in [0.05, 0.1) is 12.6 Å². The molecule has 0 bridgehead atoms. The van der Waals surface area contributed by atoms with E-state index in [0.29, 0.717) is 13.0 Å². The lowest BCUT2D eigenvalue weighted by molar-refractivity contribution is -0.131. The van der Waals surface area contributed by atoms with Crippen molar-refractivity contribution in [2.24, 2.45) is 0 Å². The Morgan fingerprint density at radius 2 is 1.26 bits per heavy atom. The van der Waals surface area contributed by atoms with Crippen LogP contribution in [0.5, 0.6) is 0 Å². The van der Waals surface area contributed by atoms with Gasteiger partial charge in [-0.2, -0.15) is 0 Å². The quantitative estimate of drug-likeness (QED) is 0.292. The molecule has 1 heterocycles. The molecule has 202 valence electrons. The van der Waals surface area contributed by atoms with E-state index in [2.05, 4.69) is 16.0 Å². The number of Topliss-reactive ketones (excluding diaryl/α,β-unsaturated/α-hetero) is 1. The first-order chi connectivity index (χ1) is 19.0. The number of hydrogen-bond donors (Lipinski definition) is 3. The number of carbonyl (C=O) groups is 4. The van der Waals surface area contributed by atoms with E-state index in [0.717, 1.165) is 16.7 Å². The van der Waals surface area contributed by atoms with Crippen molar-refractivity contribution in [3.8, 4) is 0 Å². The Labute approximate surface area is 226 Å². The van der Waals surface area contributed by atoms with Crippen molar-refractivity contribution in [3.63, 3.8) is 0 Å². The van der Waals surface area contributed by atoms with Crippen LogP contribution in [0.4, 0.5) is 4.79 Å². The average Bonchev–Trinajstić information content (AvgIpc) is 3.81. The van der Waals surface area contributed by atoms with E-state index in [1.807, 2.05) is 91.0 Å². The van der Waals surface area contributed by atoms with Crippen LogP contribution in [-0.2, 0) is 43.3 Å². The van der Waals surface area contributed by atoms with Crippen LogP contribution in [0.15, 0.2) is 91.0 Å². The minimum atomic E-state index is -0.978. The minimum absolute atomic E-state index is 0.0644. The third kappa shape index (κ3) is 9.08. The number of nitrogens with one attached hydrogen (secondary N) is 3. The smallest absolute Gasteiger partial charge is 0.407 e. The molecule has 0 radical (unpaired) electrons. The van der Waals surface area contributed by atoms with Gasteiger partial charge in [-0.1, -0.05) is 91.0 Å². The fourth-order valence-electron chi connectivity index (χ4n) is 4.01. The van der Waals surface area contributed by atoms with Crippen molar-refractivity contribution in [1.82, 2.24) is 16.0 Å². The van der Waals surface area contributed by atoms with Crippen LogP contribution in [0.3, 0.4) is 0 Å². The Hall–Kier alpha value is -4.50. The molecule has 0 aliphatic carbocycles. The van der Waals surface area contributed by atoms with E-state index < -0.39 is 36.1 Å². The number of carbonyl (C=O) groups excluding carboxylic acids is 4. The summed E-state index contributed by atoms with van der Waals surface area (Å²) in [7, 11) is 0. The fraction of sp³-hybridized carbons (Fsp3) is 0.267. The Morgan fingerprint density at radius 1 is 0.744 bits per heavy atom. The summed E-state index contributed by atoms with van der Waals surface area (Å²) < 4.78 is 10.3. The second kappa shape index (κ2) is 13.9. The monoisotopic (exact) mass is 529 g/mol. The molecule has 3 aromatic carbocycles. The molecule has 3 aromatic rings.